The van der Waals surface area contributed by atoms with Gasteiger partial charge in [0.1, 0.15) is 11.8 Å². The molecule has 0 bridgehead atoms. The van der Waals surface area contributed by atoms with E-state index >= 15 is 0 Å². The minimum absolute atomic E-state index is 0.402. The van der Waals surface area contributed by atoms with Crippen LogP contribution in [0.1, 0.15) is 6.92 Å². The van der Waals surface area contributed by atoms with E-state index in [0.29, 0.717) is 5.75 Å². The number of halogens is 1. The van der Waals surface area contributed by atoms with E-state index in [9.17, 15) is 4.79 Å². The van der Waals surface area contributed by atoms with Gasteiger partial charge in [-0.1, -0.05) is 18.2 Å². The van der Waals surface area contributed by atoms with Crippen LogP contribution in [0.5, 0.6) is 5.75 Å². The molecule has 1 rings (SSSR count). The van der Waals surface area contributed by atoms with Crippen LogP contribution in [0.4, 0.5) is 0 Å². The van der Waals surface area contributed by atoms with Gasteiger partial charge in [0.25, 0.3) is 0 Å². The summed E-state index contributed by atoms with van der Waals surface area (Å²) in [5.74, 6) is 0.118. The zero-order valence-corrected chi connectivity index (χ0v) is 7.91. The normalized spacial score (nSPS) is 12.2. The van der Waals surface area contributed by atoms with Crippen molar-refractivity contribution in [3.05, 3.63) is 30.3 Å². The lowest BCUT2D eigenvalue weighted by atomic mass is 10.3. The van der Waals surface area contributed by atoms with E-state index in [4.69, 9.17) is 16.5 Å². The fraction of sp³-hybridized carbons (Fsp3) is 0.222. The van der Waals surface area contributed by atoms with Crippen molar-refractivity contribution in [2.45, 2.75) is 13.0 Å². The standard InChI is InChI=1S/C9H10ClNO2/c1-7(11-10)9(12)13-8-5-3-2-4-6-8/h2-7,11H,1H3/t7-/m0/s1. The van der Waals surface area contributed by atoms with Crippen molar-refractivity contribution in [2.75, 3.05) is 0 Å². The van der Waals surface area contributed by atoms with Gasteiger partial charge in [-0.25, -0.2) is 9.63 Å². The van der Waals surface area contributed by atoms with E-state index in [1.165, 1.54) is 0 Å². The molecule has 0 amide bonds. The van der Waals surface area contributed by atoms with E-state index in [-0.39, 0.29) is 0 Å². The summed E-state index contributed by atoms with van der Waals surface area (Å²) < 4.78 is 4.98. The van der Waals surface area contributed by atoms with Gasteiger partial charge < -0.3 is 4.74 Å². The topological polar surface area (TPSA) is 38.3 Å². The largest absolute Gasteiger partial charge is 0.425 e. The number of rotatable bonds is 3. The third kappa shape index (κ3) is 3.05. The van der Waals surface area contributed by atoms with E-state index in [0.717, 1.165) is 0 Å². The number of carbonyl (C=O) groups is 1. The highest BCUT2D eigenvalue weighted by Gasteiger charge is 2.12. The number of nitrogens with one attached hydrogen (secondary N) is 1. The minimum Gasteiger partial charge on any atom is -0.425 e. The Morgan fingerprint density at radius 2 is 2.08 bits per heavy atom. The van der Waals surface area contributed by atoms with Crippen molar-refractivity contribution in [3.8, 4) is 5.75 Å². The van der Waals surface area contributed by atoms with Gasteiger partial charge in [-0.2, -0.15) is 0 Å². The Morgan fingerprint density at radius 3 is 2.62 bits per heavy atom. The monoisotopic (exact) mass is 199 g/mol. The number of hydrogen-bond acceptors (Lipinski definition) is 3. The summed E-state index contributed by atoms with van der Waals surface area (Å²) in [6, 6.07) is 8.34. The summed E-state index contributed by atoms with van der Waals surface area (Å²) in [5.41, 5.74) is 0. The first-order chi connectivity index (χ1) is 6.24. The maximum Gasteiger partial charge on any atom is 0.329 e. The van der Waals surface area contributed by atoms with Crippen molar-refractivity contribution in [1.82, 2.24) is 4.84 Å². The van der Waals surface area contributed by atoms with Gasteiger partial charge in [0.15, 0.2) is 0 Å². The van der Waals surface area contributed by atoms with Crippen LogP contribution in [0.3, 0.4) is 0 Å². The summed E-state index contributed by atoms with van der Waals surface area (Å²) >= 11 is 5.26. The number of hydrogen-bond donors (Lipinski definition) is 1. The van der Waals surface area contributed by atoms with Gasteiger partial charge in [0, 0.05) is 0 Å². The SMILES string of the molecule is C[C@H](NCl)C(=O)Oc1ccccc1. The van der Waals surface area contributed by atoms with E-state index < -0.39 is 12.0 Å². The predicted molar refractivity (Wildman–Crippen MR) is 50.5 cm³/mol. The molecule has 1 aromatic carbocycles. The Labute approximate surface area is 81.8 Å². The molecule has 0 unspecified atom stereocenters. The molecule has 1 atom stereocenters. The van der Waals surface area contributed by atoms with Crippen LogP contribution in [0, 0.1) is 0 Å². The molecule has 1 aromatic rings. The summed E-state index contributed by atoms with van der Waals surface area (Å²) in [6.07, 6.45) is 0. The summed E-state index contributed by atoms with van der Waals surface area (Å²) in [4.78, 5) is 13.5. The molecule has 0 aliphatic heterocycles. The Morgan fingerprint density at radius 1 is 1.46 bits per heavy atom. The number of esters is 1. The van der Waals surface area contributed by atoms with Crippen molar-refractivity contribution in [3.63, 3.8) is 0 Å². The first-order valence-electron chi connectivity index (χ1n) is 3.87. The van der Waals surface area contributed by atoms with Crippen LogP contribution in [0.15, 0.2) is 30.3 Å². The van der Waals surface area contributed by atoms with Crippen molar-refractivity contribution >= 4 is 17.7 Å². The molecule has 70 valence electrons. The highest BCUT2D eigenvalue weighted by Crippen LogP contribution is 2.09. The molecule has 0 aliphatic rings. The average molecular weight is 200 g/mol. The van der Waals surface area contributed by atoms with Crippen LogP contribution >= 0.6 is 11.8 Å². The number of ether oxygens (including phenoxy) is 1. The molecule has 13 heavy (non-hydrogen) atoms. The maximum atomic E-state index is 11.2. The van der Waals surface area contributed by atoms with Crippen LogP contribution in [-0.2, 0) is 4.79 Å². The quantitative estimate of drug-likeness (QED) is 0.458. The highest BCUT2D eigenvalue weighted by molar-refractivity contribution is 6.14. The molecule has 1 N–H and O–H groups in total. The van der Waals surface area contributed by atoms with Gasteiger partial charge in [0.2, 0.25) is 0 Å². The fourth-order valence-electron chi connectivity index (χ4n) is 0.738. The number of benzene rings is 1. The van der Waals surface area contributed by atoms with Crippen LogP contribution in [0.25, 0.3) is 0 Å². The summed E-state index contributed by atoms with van der Waals surface area (Å²) in [6.45, 7) is 1.62. The fourth-order valence-corrected chi connectivity index (χ4v) is 0.827. The lowest BCUT2D eigenvalue weighted by Gasteiger charge is -2.07. The molecule has 0 radical (unpaired) electrons. The molecule has 4 heteroatoms. The van der Waals surface area contributed by atoms with Gasteiger partial charge >= 0.3 is 5.97 Å². The maximum absolute atomic E-state index is 11.2. The van der Waals surface area contributed by atoms with Gasteiger partial charge in [-0.15, -0.1) is 0 Å². The molecule has 0 saturated heterocycles. The van der Waals surface area contributed by atoms with E-state index in [1.54, 1.807) is 31.2 Å². The molecule has 0 spiro atoms. The average Bonchev–Trinajstić information content (AvgIpc) is 2.18. The van der Waals surface area contributed by atoms with Gasteiger partial charge in [-0.05, 0) is 30.8 Å². The predicted octanol–water partition coefficient (Wildman–Crippen LogP) is 1.72. The molecule has 0 aromatic heterocycles. The van der Waals surface area contributed by atoms with Gasteiger partial charge in [-0.3, -0.25) is 0 Å². The zero-order valence-electron chi connectivity index (χ0n) is 7.16. The first kappa shape index (κ1) is 10.0. The minimum atomic E-state index is -0.512. The lowest BCUT2D eigenvalue weighted by Crippen LogP contribution is -2.31. The second kappa shape index (κ2) is 4.84. The third-order valence-electron chi connectivity index (χ3n) is 1.48. The van der Waals surface area contributed by atoms with Crippen molar-refractivity contribution in [1.29, 1.82) is 0 Å². The molecule has 0 heterocycles. The zero-order chi connectivity index (χ0) is 9.68. The van der Waals surface area contributed by atoms with E-state index in [2.05, 4.69) is 4.84 Å². The van der Waals surface area contributed by atoms with Crippen LogP contribution in [0.2, 0.25) is 0 Å². The number of para-hydroxylation sites is 1. The Kier molecular flexibility index (Phi) is 3.73. The summed E-state index contributed by atoms with van der Waals surface area (Å²) in [5, 5.41) is 0. The molecule has 3 nitrogen and oxygen atoms in total. The van der Waals surface area contributed by atoms with Gasteiger partial charge in [0.05, 0.1) is 0 Å². The smallest absolute Gasteiger partial charge is 0.329 e. The second-order valence-electron chi connectivity index (χ2n) is 2.56. The van der Waals surface area contributed by atoms with Crippen LogP contribution in [-0.4, -0.2) is 12.0 Å². The number of carbonyl (C=O) groups excluding carboxylic acids is 1. The van der Waals surface area contributed by atoms with Crippen molar-refractivity contribution < 1.29 is 9.53 Å². The molecule has 0 aliphatic carbocycles. The summed E-state index contributed by atoms with van der Waals surface area (Å²) in [7, 11) is 0. The van der Waals surface area contributed by atoms with Crippen molar-refractivity contribution in [2.24, 2.45) is 0 Å². The second-order valence-corrected chi connectivity index (χ2v) is 2.78. The molecule has 0 saturated carbocycles. The lowest BCUT2D eigenvalue weighted by molar-refractivity contribution is -0.135. The molecule has 0 fully saturated rings. The van der Waals surface area contributed by atoms with Crippen LogP contribution < -0.4 is 9.57 Å². The third-order valence-corrected chi connectivity index (χ3v) is 1.81. The Hall–Kier alpha value is -1.06. The first-order valence-corrected chi connectivity index (χ1v) is 4.24. The molecular formula is C9H10ClNO2. The highest BCUT2D eigenvalue weighted by atomic mass is 35.5. The van der Waals surface area contributed by atoms with E-state index in [1.807, 2.05) is 6.07 Å². The Bertz CT molecular complexity index is 276. The Balaban J connectivity index is 2.55. The molecular weight excluding hydrogens is 190 g/mol.